The summed E-state index contributed by atoms with van der Waals surface area (Å²) in [5, 5.41) is 5.79. The van der Waals surface area contributed by atoms with Crippen LogP contribution in [0.3, 0.4) is 0 Å². The minimum absolute atomic E-state index is 0.335. The van der Waals surface area contributed by atoms with E-state index in [-0.39, 0.29) is 0 Å². The van der Waals surface area contributed by atoms with Gasteiger partial charge in [-0.05, 0) is 36.6 Å². The van der Waals surface area contributed by atoms with Gasteiger partial charge in [-0.2, -0.15) is 5.10 Å². The van der Waals surface area contributed by atoms with Gasteiger partial charge in [0, 0.05) is 11.6 Å². The zero-order valence-electron chi connectivity index (χ0n) is 13.2. The van der Waals surface area contributed by atoms with Crippen molar-refractivity contribution >= 4 is 10.9 Å². The Kier molecular flexibility index (Phi) is 3.75. The van der Waals surface area contributed by atoms with Crippen LogP contribution >= 0.6 is 0 Å². The molecule has 0 bridgehead atoms. The summed E-state index contributed by atoms with van der Waals surface area (Å²) in [6.45, 7) is 0.691. The van der Waals surface area contributed by atoms with Crippen LogP contribution < -0.4 is 4.74 Å². The summed E-state index contributed by atoms with van der Waals surface area (Å²) in [7, 11) is 1.69. The van der Waals surface area contributed by atoms with E-state index in [9.17, 15) is 0 Å². The maximum atomic E-state index is 5.97. The molecule has 4 rings (SSSR count). The van der Waals surface area contributed by atoms with Gasteiger partial charge in [-0.3, -0.25) is 4.68 Å². The molecule has 2 aromatic carbocycles. The maximum absolute atomic E-state index is 5.97. The van der Waals surface area contributed by atoms with Crippen LogP contribution in [-0.2, 0) is 11.3 Å². The normalized spacial score (nSPS) is 20.4. The van der Waals surface area contributed by atoms with E-state index in [0.717, 1.165) is 29.5 Å². The third kappa shape index (κ3) is 2.94. The molecule has 0 spiro atoms. The monoisotopic (exact) mass is 308 g/mol. The summed E-state index contributed by atoms with van der Waals surface area (Å²) in [4.78, 5) is 0. The van der Waals surface area contributed by atoms with Crippen molar-refractivity contribution in [2.24, 2.45) is 0 Å². The molecule has 1 fully saturated rings. The summed E-state index contributed by atoms with van der Waals surface area (Å²) in [5.41, 5.74) is 2.24. The Morgan fingerprint density at radius 3 is 2.74 bits per heavy atom. The molecule has 118 valence electrons. The van der Waals surface area contributed by atoms with E-state index >= 15 is 0 Å². The van der Waals surface area contributed by atoms with E-state index < -0.39 is 0 Å². The zero-order chi connectivity index (χ0) is 15.6. The van der Waals surface area contributed by atoms with Crippen molar-refractivity contribution < 1.29 is 9.47 Å². The third-order valence-corrected chi connectivity index (χ3v) is 4.50. The van der Waals surface area contributed by atoms with Crippen molar-refractivity contribution in [2.45, 2.75) is 31.6 Å². The number of ether oxygens (including phenoxy) is 2. The number of aromatic nitrogens is 2. The van der Waals surface area contributed by atoms with Crippen LogP contribution in [0.1, 0.15) is 24.4 Å². The predicted octanol–water partition coefficient (Wildman–Crippen LogP) is 3.97. The summed E-state index contributed by atoms with van der Waals surface area (Å²) in [6, 6.07) is 16.7. The molecule has 0 atom stereocenters. The molecule has 1 aromatic heterocycles. The first-order valence-electron chi connectivity index (χ1n) is 8.00. The number of fused-ring (bicyclic) bond motifs is 1. The largest absolute Gasteiger partial charge is 0.497 e. The third-order valence-electron chi connectivity index (χ3n) is 4.50. The van der Waals surface area contributed by atoms with Crippen molar-refractivity contribution in [1.29, 1.82) is 0 Å². The molecule has 23 heavy (non-hydrogen) atoms. The molecule has 1 heterocycles. The number of hydrogen-bond acceptors (Lipinski definition) is 3. The SMILES string of the molecule is COc1ccc2nn([C@H]3C[C@H](OCc4ccccc4)C3)cc2c1. The first-order chi connectivity index (χ1) is 11.3. The molecular formula is C19H20N2O2. The number of methoxy groups -OCH3 is 1. The Bertz CT molecular complexity index is 791. The first kappa shape index (κ1) is 14.3. The Hall–Kier alpha value is -2.33. The predicted molar refractivity (Wildman–Crippen MR) is 89.6 cm³/mol. The summed E-state index contributed by atoms with van der Waals surface area (Å²) in [6.07, 6.45) is 4.49. The van der Waals surface area contributed by atoms with Crippen LogP contribution in [0.5, 0.6) is 5.75 Å². The molecule has 0 saturated heterocycles. The van der Waals surface area contributed by atoms with E-state index in [2.05, 4.69) is 28.1 Å². The average molecular weight is 308 g/mol. The smallest absolute Gasteiger partial charge is 0.119 e. The summed E-state index contributed by atoms with van der Waals surface area (Å²) >= 11 is 0. The van der Waals surface area contributed by atoms with Gasteiger partial charge in [-0.15, -0.1) is 0 Å². The lowest BCUT2D eigenvalue weighted by Gasteiger charge is -2.35. The number of rotatable bonds is 5. The minimum atomic E-state index is 0.335. The number of nitrogens with zero attached hydrogens (tertiary/aromatic N) is 2. The highest BCUT2D eigenvalue weighted by Crippen LogP contribution is 2.35. The van der Waals surface area contributed by atoms with Crippen LogP contribution in [0.25, 0.3) is 10.9 Å². The first-order valence-corrected chi connectivity index (χ1v) is 8.00. The molecule has 0 unspecified atom stereocenters. The Morgan fingerprint density at radius 1 is 1.13 bits per heavy atom. The van der Waals surface area contributed by atoms with E-state index in [4.69, 9.17) is 9.47 Å². The maximum Gasteiger partial charge on any atom is 0.119 e. The summed E-state index contributed by atoms with van der Waals surface area (Å²) < 4.78 is 13.3. The van der Waals surface area contributed by atoms with Crippen LogP contribution in [0.4, 0.5) is 0 Å². The number of hydrogen-bond donors (Lipinski definition) is 0. The Morgan fingerprint density at radius 2 is 1.96 bits per heavy atom. The van der Waals surface area contributed by atoms with Crippen molar-refractivity contribution in [3.8, 4) is 5.75 Å². The van der Waals surface area contributed by atoms with E-state index in [1.54, 1.807) is 7.11 Å². The van der Waals surface area contributed by atoms with Gasteiger partial charge in [0.2, 0.25) is 0 Å². The molecule has 1 aliphatic carbocycles. The van der Waals surface area contributed by atoms with Crippen LogP contribution in [0.2, 0.25) is 0 Å². The molecular weight excluding hydrogens is 288 g/mol. The topological polar surface area (TPSA) is 36.3 Å². The van der Waals surface area contributed by atoms with E-state index in [1.807, 2.05) is 36.4 Å². The molecule has 1 aliphatic rings. The van der Waals surface area contributed by atoms with Crippen LogP contribution in [-0.4, -0.2) is 23.0 Å². The lowest BCUT2D eigenvalue weighted by atomic mass is 9.89. The van der Waals surface area contributed by atoms with Crippen molar-refractivity contribution in [3.63, 3.8) is 0 Å². The fourth-order valence-corrected chi connectivity index (χ4v) is 3.02. The lowest BCUT2D eigenvalue weighted by molar-refractivity contribution is -0.0382. The van der Waals surface area contributed by atoms with Crippen LogP contribution in [0.15, 0.2) is 54.7 Å². The van der Waals surface area contributed by atoms with Crippen molar-refractivity contribution in [2.75, 3.05) is 7.11 Å². The summed E-state index contributed by atoms with van der Waals surface area (Å²) in [5.74, 6) is 0.870. The molecule has 1 saturated carbocycles. The van der Waals surface area contributed by atoms with Crippen LogP contribution in [0, 0.1) is 0 Å². The second-order valence-electron chi connectivity index (χ2n) is 6.08. The zero-order valence-corrected chi connectivity index (χ0v) is 13.2. The average Bonchev–Trinajstić information content (AvgIpc) is 2.96. The molecule has 0 amide bonds. The lowest BCUT2D eigenvalue weighted by Crippen LogP contribution is -2.33. The molecule has 0 aliphatic heterocycles. The van der Waals surface area contributed by atoms with Gasteiger partial charge in [0.25, 0.3) is 0 Å². The highest BCUT2D eigenvalue weighted by atomic mass is 16.5. The minimum Gasteiger partial charge on any atom is -0.497 e. The van der Waals surface area contributed by atoms with Gasteiger partial charge >= 0.3 is 0 Å². The Balaban J connectivity index is 1.36. The Labute approximate surface area is 135 Å². The van der Waals surface area contributed by atoms with Gasteiger partial charge < -0.3 is 9.47 Å². The van der Waals surface area contributed by atoms with E-state index in [1.165, 1.54) is 5.56 Å². The highest BCUT2D eigenvalue weighted by molar-refractivity contribution is 5.79. The van der Waals surface area contributed by atoms with Crippen molar-refractivity contribution in [1.82, 2.24) is 9.78 Å². The second-order valence-corrected chi connectivity index (χ2v) is 6.08. The van der Waals surface area contributed by atoms with Gasteiger partial charge in [0.05, 0.1) is 31.4 Å². The highest BCUT2D eigenvalue weighted by Gasteiger charge is 2.32. The van der Waals surface area contributed by atoms with Gasteiger partial charge in [-0.1, -0.05) is 30.3 Å². The number of benzene rings is 2. The van der Waals surface area contributed by atoms with Gasteiger partial charge in [0.1, 0.15) is 5.75 Å². The quantitative estimate of drug-likeness (QED) is 0.715. The molecule has 4 nitrogen and oxygen atoms in total. The van der Waals surface area contributed by atoms with Gasteiger partial charge in [-0.25, -0.2) is 0 Å². The van der Waals surface area contributed by atoms with Crippen molar-refractivity contribution in [3.05, 3.63) is 60.3 Å². The van der Waals surface area contributed by atoms with E-state index in [0.29, 0.717) is 18.8 Å². The molecule has 3 aromatic rings. The fraction of sp³-hybridized carbons (Fsp3) is 0.316. The fourth-order valence-electron chi connectivity index (χ4n) is 3.02. The molecule has 4 heteroatoms. The molecule has 0 N–H and O–H groups in total. The molecule has 0 radical (unpaired) electrons. The second kappa shape index (κ2) is 6.05. The van der Waals surface area contributed by atoms with Gasteiger partial charge in [0.15, 0.2) is 0 Å². The standard InChI is InChI=1S/C19H20N2O2/c1-22-17-7-8-19-15(9-17)12-21(20-19)16-10-18(11-16)23-13-14-5-3-2-4-6-14/h2-9,12,16,18H,10-11,13H2,1H3/t16-,18-.